The normalized spacial score (nSPS) is 19.6. The first kappa shape index (κ1) is 32.6. The molecule has 6 rings (SSSR count). The molecule has 3 aliphatic rings. The molecule has 1 saturated carbocycles. The van der Waals surface area contributed by atoms with Gasteiger partial charge in [0.25, 0.3) is 5.91 Å². The number of halogens is 1. The number of amides is 1. The number of piperazine rings is 1. The van der Waals surface area contributed by atoms with Gasteiger partial charge in [-0.05, 0) is 58.6 Å². The van der Waals surface area contributed by atoms with Crippen molar-refractivity contribution in [3.05, 3.63) is 71.2 Å². The third kappa shape index (κ3) is 6.61. The number of aryl methyl sites for hydroxylation is 1. The zero-order chi connectivity index (χ0) is 33.2. The van der Waals surface area contributed by atoms with Crippen molar-refractivity contribution in [1.82, 2.24) is 24.8 Å². The Morgan fingerprint density at radius 2 is 2.00 bits per heavy atom. The van der Waals surface area contributed by atoms with Crippen LogP contribution in [-0.4, -0.2) is 95.2 Å². The minimum Gasteiger partial charge on any atom is -0.462 e. The summed E-state index contributed by atoms with van der Waals surface area (Å²) in [5.74, 6) is -0.263. The maximum atomic E-state index is 13.9. The lowest BCUT2D eigenvalue weighted by molar-refractivity contribution is -0.131. The average Bonchev–Trinajstić information content (AvgIpc) is 3.05. The molecule has 3 aromatic rings. The molecule has 1 saturated heterocycles. The van der Waals surface area contributed by atoms with Gasteiger partial charge in [0.1, 0.15) is 18.5 Å². The second-order valence-electron chi connectivity index (χ2n) is 13.4. The summed E-state index contributed by atoms with van der Waals surface area (Å²) < 4.78 is 20.3. The van der Waals surface area contributed by atoms with Crippen molar-refractivity contribution >= 4 is 28.2 Å². The maximum absolute atomic E-state index is 13.9. The molecule has 0 spiro atoms. The third-order valence-corrected chi connectivity index (χ3v) is 10.5. The number of aromatic nitrogens is 3. The van der Waals surface area contributed by atoms with Crippen LogP contribution in [0.25, 0.3) is 15.6 Å². The highest BCUT2D eigenvalue weighted by Gasteiger charge is 2.36. The quantitative estimate of drug-likeness (QED) is 0.221. The van der Waals surface area contributed by atoms with Crippen molar-refractivity contribution < 1.29 is 13.9 Å². The van der Waals surface area contributed by atoms with Crippen LogP contribution in [0.4, 0.5) is 15.9 Å². The number of carbonyl (C=O) groups is 1. The number of ether oxygens (including phenoxy) is 1. The van der Waals surface area contributed by atoms with Crippen LogP contribution in [0.1, 0.15) is 49.9 Å². The smallest absolute Gasteiger partial charge is 0.318 e. The highest BCUT2D eigenvalue weighted by atomic mass is 19.1. The number of hydrogen-bond donors (Lipinski definition) is 0. The zero-order valence-corrected chi connectivity index (χ0v) is 28.0. The molecule has 1 aliphatic carbocycles. The van der Waals surface area contributed by atoms with Crippen molar-refractivity contribution in [3.8, 4) is 6.01 Å². The van der Waals surface area contributed by atoms with Gasteiger partial charge in [-0.1, -0.05) is 31.2 Å². The van der Waals surface area contributed by atoms with E-state index in [0.717, 1.165) is 40.6 Å². The van der Waals surface area contributed by atoms with E-state index in [1.54, 1.807) is 0 Å². The molecule has 2 aromatic heterocycles. The Bertz CT molecular complexity index is 1680. The largest absolute Gasteiger partial charge is 0.462 e. The highest BCUT2D eigenvalue weighted by molar-refractivity contribution is 5.96. The van der Waals surface area contributed by atoms with Crippen molar-refractivity contribution in [2.75, 3.05) is 56.2 Å². The molecule has 11 heteroatoms. The number of rotatable bonds is 10. The van der Waals surface area contributed by atoms with Gasteiger partial charge in [-0.15, -0.1) is 0 Å². The summed E-state index contributed by atoms with van der Waals surface area (Å²) >= 11 is 0. The molecule has 2 fully saturated rings. The lowest BCUT2D eigenvalue weighted by Crippen LogP contribution is -2.57. The number of nitrogens with zero attached hydrogens (tertiary/aromatic N) is 8. The summed E-state index contributed by atoms with van der Waals surface area (Å²) in [7, 11) is 2.17. The minimum absolute atomic E-state index is 0.0659. The molecule has 0 radical (unpaired) electrons. The summed E-state index contributed by atoms with van der Waals surface area (Å²) in [6.45, 7) is 20.2. The summed E-state index contributed by atoms with van der Waals surface area (Å²) in [5.41, 5.74) is 4.20. The first-order chi connectivity index (χ1) is 22.7. The first-order valence-electron chi connectivity index (χ1n) is 16.7. The van der Waals surface area contributed by atoms with Crippen molar-refractivity contribution in [2.24, 2.45) is 5.92 Å². The Kier molecular flexibility index (Phi) is 9.60. The van der Waals surface area contributed by atoms with E-state index < -0.39 is 17.8 Å². The van der Waals surface area contributed by atoms with Gasteiger partial charge in [0.05, 0.1) is 24.1 Å². The number of likely N-dealkylation sites (N-methyl/N-ethyl adjacent to an activating group) is 1. The molecular weight excluding hydrogens is 595 g/mol. The Balaban J connectivity index is 1.31. The van der Waals surface area contributed by atoms with E-state index in [0.29, 0.717) is 44.7 Å². The molecule has 248 valence electrons. The Hall–Kier alpha value is -4.30. The van der Waals surface area contributed by atoms with E-state index in [-0.39, 0.29) is 19.1 Å². The molecular formula is C36H45FN8O2. The second-order valence-corrected chi connectivity index (χ2v) is 13.4. The van der Waals surface area contributed by atoms with Crippen LogP contribution in [0, 0.1) is 19.4 Å². The average molecular weight is 641 g/mol. The van der Waals surface area contributed by atoms with Gasteiger partial charge in [0, 0.05) is 60.8 Å². The van der Waals surface area contributed by atoms with Crippen molar-refractivity contribution in [2.45, 2.75) is 71.1 Å². The molecule has 0 unspecified atom stereocenters. The minimum atomic E-state index is -1.01. The van der Waals surface area contributed by atoms with Crippen LogP contribution >= 0.6 is 0 Å². The lowest BCUT2D eigenvalue weighted by Gasteiger charge is -2.41. The molecule has 2 aliphatic heterocycles. The first-order valence-corrected chi connectivity index (χ1v) is 16.7. The van der Waals surface area contributed by atoms with Crippen LogP contribution < -0.4 is 14.5 Å². The van der Waals surface area contributed by atoms with Crippen molar-refractivity contribution in [3.63, 3.8) is 0 Å². The third-order valence-electron chi connectivity index (χ3n) is 10.5. The molecule has 1 amide bonds. The van der Waals surface area contributed by atoms with E-state index in [1.807, 2.05) is 12.4 Å². The fourth-order valence-electron chi connectivity index (χ4n) is 7.26. The molecule has 0 bridgehead atoms. The number of anilines is 2. The number of benzene rings is 1. The van der Waals surface area contributed by atoms with E-state index in [1.165, 1.54) is 35.1 Å². The number of pyridine rings is 1. The Labute approximate surface area is 277 Å². The molecule has 47 heavy (non-hydrogen) atoms. The molecule has 0 N–H and O–H groups in total. The summed E-state index contributed by atoms with van der Waals surface area (Å²) in [4.78, 5) is 38.9. The topological polar surface area (TPSA) is 82.3 Å². The predicted octanol–water partition coefficient (Wildman–Crippen LogP) is 5.20. The number of hydrogen-bond acceptors (Lipinski definition) is 8. The fraction of sp³-hybridized carbons (Fsp3) is 0.528. The summed E-state index contributed by atoms with van der Waals surface area (Å²) in [6.07, 6.45) is 8.43. The van der Waals surface area contributed by atoms with Gasteiger partial charge in [0.2, 0.25) is 6.54 Å². The SMILES string of the molecule is [C-]#[N+]C[C@H]1CN(c2nc(OC[C@H](C)N(C)[C@H](C)C3CCC3)nc3c2CCN(c2cncc4cccc(C)c24)C3)CCN1C(=O)C(=C)F. The van der Waals surface area contributed by atoms with Gasteiger partial charge in [-0.2, -0.15) is 9.97 Å². The second kappa shape index (κ2) is 13.8. The fourth-order valence-corrected chi connectivity index (χ4v) is 7.26. The summed E-state index contributed by atoms with van der Waals surface area (Å²) in [6, 6.07) is 6.76. The number of fused-ring (bicyclic) bond motifs is 2. The van der Waals surface area contributed by atoms with Gasteiger partial charge < -0.3 is 24.3 Å². The van der Waals surface area contributed by atoms with Crippen molar-refractivity contribution in [1.29, 1.82) is 0 Å². The van der Waals surface area contributed by atoms with Crippen LogP contribution in [0.5, 0.6) is 6.01 Å². The standard InChI is InChI=1S/C36H45FN8O2/c1-23-9-7-12-28-17-39-19-32(33(23)28)43-14-13-30-31(21-43)40-36(47-22-24(2)42(6)26(4)27-10-8-11-27)41-34(30)44-15-16-45(35(46)25(3)37)29(20-44)18-38-5/h7,9,12,17,19,24,26-27,29H,3,8,10-11,13-16,18,20-22H2,1-2,4,6H3/t24-,26+,29-/m0/s1. The van der Waals surface area contributed by atoms with E-state index in [4.69, 9.17) is 21.3 Å². The van der Waals surface area contributed by atoms with Crippen LogP contribution in [-0.2, 0) is 17.8 Å². The lowest BCUT2D eigenvalue weighted by atomic mass is 9.79. The van der Waals surface area contributed by atoms with E-state index >= 15 is 0 Å². The van der Waals surface area contributed by atoms with Crippen LogP contribution in [0.15, 0.2) is 43.0 Å². The molecule has 10 nitrogen and oxygen atoms in total. The van der Waals surface area contributed by atoms with Gasteiger partial charge in [-0.3, -0.25) is 14.7 Å². The van der Waals surface area contributed by atoms with Gasteiger partial charge in [-0.25, -0.2) is 11.0 Å². The van der Waals surface area contributed by atoms with Crippen LogP contribution in [0.2, 0.25) is 0 Å². The van der Waals surface area contributed by atoms with Gasteiger partial charge in [0.15, 0.2) is 5.83 Å². The molecule has 4 heterocycles. The van der Waals surface area contributed by atoms with E-state index in [9.17, 15) is 9.18 Å². The van der Waals surface area contributed by atoms with E-state index in [2.05, 4.69) is 77.1 Å². The maximum Gasteiger partial charge on any atom is 0.318 e. The highest BCUT2D eigenvalue weighted by Crippen LogP contribution is 2.36. The number of carbonyl (C=O) groups excluding carboxylic acids is 1. The Morgan fingerprint density at radius 1 is 1.19 bits per heavy atom. The van der Waals surface area contributed by atoms with Gasteiger partial charge >= 0.3 is 6.01 Å². The molecule has 3 atom stereocenters. The predicted molar refractivity (Wildman–Crippen MR) is 182 cm³/mol. The zero-order valence-electron chi connectivity index (χ0n) is 28.0. The summed E-state index contributed by atoms with van der Waals surface area (Å²) in [5, 5.41) is 2.29. The monoisotopic (exact) mass is 640 g/mol. The Morgan fingerprint density at radius 3 is 2.72 bits per heavy atom. The molecule has 1 aromatic carbocycles. The van der Waals surface area contributed by atoms with Crippen LogP contribution in [0.3, 0.4) is 0 Å².